The molecule has 3 aromatic rings. The summed E-state index contributed by atoms with van der Waals surface area (Å²) in [6, 6.07) is 14.5. The van der Waals surface area contributed by atoms with Crippen molar-refractivity contribution in [2.75, 3.05) is 36.1 Å². The summed E-state index contributed by atoms with van der Waals surface area (Å²) in [4.78, 5) is 13.5. The molecular weight excluding hydrogens is 374 g/mol. The van der Waals surface area contributed by atoms with Crippen LogP contribution in [0.15, 0.2) is 42.6 Å². The number of nitriles is 1. The smallest absolute Gasteiger partial charge is 0.229 e. The lowest BCUT2D eigenvalue weighted by molar-refractivity contribution is 0.313. The number of nitrogen functional groups attached to an aromatic ring is 1. The molecule has 7 nitrogen and oxygen atoms in total. The lowest BCUT2D eigenvalue weighted by Crippen LogP contribution is -2.26. The van der Waals surface area contributed by atoms with Crippen molar-refractivity contribution in [2.24, 2.45) is 0 Å². The second-order valence-corrected chi connectivity index (χ2v) is 7.89. The van der Waals surface area contributed by atoms with Gasteiger partial charge in [0.1, 0.15) is 11.6 Å². The van der Waals surface area contributed by atoms with Crippen LogP contribution in [0.3, 0.4) is 0 Å². The number of nitrogens with zero attached hydrogens (tertiary/aromatic N) is 5. The van der Waals surface area contributed by atoms with E-state index >= 15 is 0 Å². The third kappa shape index (κ3) is 3.21. The van der Waals surface area contributed by atoms with Gasteiger partial charge in [0.05, 0.1) is 6.20 Å². The highest BCUT2D eigenvalue weighted by Gasteiger charge is 2.25. The first kappa shape index (κ1) is 18.4. The third-order valence-electron chi connectivity index (χ3n) is 5.87. The molecule has 0 bridgehead atoms. The minimum Gasteiger partial charge on any atom is -0.398 e. The molecule has 0 saturated heterocycles. The highest BCUT2D eigenvalue weighted by molar-refractivity contribution is 5.76. The fraction of sp³-hybridized carbons (Fsp3) is 0.261. The first-order chi connectivity index (χ1) is 14.6. The zero-order valence-electron chi connectivity index (χ0n) is 16.9. The number of rotatable bonds is 3. The Hall–Kier alpha value is -3.63. The number of nitrogens with two attached hydrogens (primary N) is 1. The van der Waals surface area contributed by atoms with Crippen molar-refractivity contribution >= 4 is 28.8 Å². The van der Waals surface area contributed by atoms with Crippen molar-refractivity contribution in [1.29, 1.82) is 5.26 Å². The molecule has 3 heterocycles. The topological polar surface area (TPSA) is 94.1 Å². The monoisotopic (exact) mass is 397 g/mol. The van der Waals surface area contributed by atoms with Crippen LogP contribution in [0, 0.1) is 11.3 Å². The lowest BCUT2D eigenvalue weighted by Gasteiger charge is -2.25. The molecule has 0 saturated carbocycles. The molecule has 2 aromatic carbocycles. The zero-order chi connectivity index (χ0) is 20.7. The van der Waals surface area contributed by atoms with Crippen LogP contribution in [0.25, 0.3) is 0 Å². The van der Waals surface area contributed by atoms with E-state index in [0.717, 1.165) is 55.1 Å². The van der Waals surface area contributed by atoms with E-state index in [4.69, 9.17) is 10.7 Å². The molecule has 0 radical (unpaired) electrons. The quantitative estimate of drug-likeness (QED) is 0.655. The van der Waals surface area contributed by atoms with E-state index in [9.17, 15) is 5.26 Å². The molecule has 3 N–H and O–H groups in total. The van der Waals surface area contributed by atoms with Gasteiger partial charge in [0.15, 0.2) is 5.82 Å². The molecule has 0 unspecified atom stereocenters. The number of aromatic nitrogens is 2. The van der Waals surface area contributed by atoms with Crippen molar-refractivity contribution in [3.8, 4) is 6.07 Å². The highest BCUT2D eigenvalue weighted by atomic mass is 15.2. The van der Waals surface area contributed by atoms with Crippen molar-refractivity contribution in [3.05, 3.63) is 64.8 Å². The van der Waals surface area contributed by atoms with Gasteiger partial charge in [-0.15, -0.1) is 0 Å². The van der Waals surface area contributed by atoms with Crippen LogP contribution in [-0.4, -0.2) is 35.0 Å². The van der Waals surface area contributed by atoms with Gasteiger partial charge >= 0.3 is 0 Å². The Bertz CT molecular complexity index is 1160. The Kier molecular flexibility index (Phi) is 4.49. The largest absolute Gasteiger partial charge is 0.398 e. The summed E-state index contributed by atoms with van der Waals surface area (Å²) in [5.41, 5.74) is 13.1. The molecular formula is C23H23N7. The average Bonchev–Trinajstić information content (AvgIpc) is 3.19. The zero-order valence-corrected chi connectivity index (χ0v) is 16.9. The molecule has 5 rings (SSSR count). The van der Waals surface area contributed by atoms with E-state index in [1.165, 1.54) is 11.1 Å². The maximum Gasteiger partial charge on any atom is 0.229 e. The molecule has 2 aliphatic rings. The second-order valence-electron chi connectivity index (χ2n) is 7.89. The Morgan fingerprint density at radius 2 is 2.03 bits per heavy atom. The summed E-state index contributed by atoms with van der Waals surface area (Å²) in [5, 5.41) is 12.9. The summed E-state index contributed by atoms with van der Waals surface area (Å²) < 4.78 is 0. The summed E-state index contributed by atoms with van der Waals surface area (Å²) >= 11 is 0. The van der Waals surface area contributed by atoms with Crippen LogP contribution in [0.4, 0.5) is 28.8 Å². The van der Waals surface area contributed by atoms with E-state index < -0.39 is 0 Å². The molecule has 150 valence electrons. The van der Waals surface area contributed by atoms with Gasteiger partial charge in [-0.2, -0.15) is 10.2 Å². The molecule has 1 aromatic heterocycles. The van der Waals surface area contributed by atoms with Gasteiger partial charge in [-0.3, -0.25) is 0 Å². The molecule has 0 aliphatic carbocycles. The number of benzene rings is 2. The summed E-state index contributed by atoms with van der Waals surface area (Å²) in [6.07, 6.45) is 3.49. The highest BCUT2D eigenvalue weighted by Crippen LogP contribution is 2.38. The molecule has 0 fully saturated rings. The van der Waals surface area contributed by atoms with E-state index in [0.29, 0.717) is 17.3 Å². The van der Waals surface area contributed by atoms with Crippen molar-refractivity contribution in [3.63, 3.8) is 0 Å². The SMILES string of the molecule is CN1CCc2ccc(Nc3ncc(C#N)c(N4CCc5c(N)cccc54)n3)cc2C1. The van der Waals surface area contributed by atoms with Crippen LogP contribution >= 0.6 is 0 Å². The van der Waals surface area contributed by atoms with Gasteiger partial charge in [-0.05, 0) is 55.3 Å². The fourth-order valence-corrected chi connectivity index (χ4v) is 4.30. The minimum atomic E-state index is 0.447. The van der Waals surface area contributed by atoms with E-state index in [1.807, 2.05) is 18.2 Å². The number of nitrogens with one attached hydrogen (secondary N) is 1. The van der Waals surface area contributed by atoms with Crippen molar-refractivity contribution < 1.29 is 0 Å². The third-order valence-corrected chi connectivity index (χ3v) is 5.87. The minimum absolute atomic E-state index is 0.447. The van der Waals surface area contributed by atoms with E-state index in [1.54, 1.807) is 6.20 Å². The summed E-state index contributed by atoms with van der Waals surface area (Å²) in [5.74, 6) is 1.09. The fourth-order valence-electron chi connectivity index (χ4n) is 4.30. The molecule has 0 spiro atoms. The van der Waals surface area contributed by atoms with Crippen molar-refractivity contribution in [2.45, 2.75) is 19.4 Å². The van der Waals surface area contributed by atoms with Gasteiger partial charge in [0, 0.05) is 42.3 Å². The first-order valence-corrected chi connectivity index (χ1v) is 10.1. The second kappa shape index (κ2) is 7.32. The Morgan fingerprint density at radius 1 is 1.13 bits per heavy atom. The standard InChI is InChI=1S/C23H23N7/c1-29-9-7-15-5-6-18(11-16(15)14-29)27-23-26-13-17(12-24)22(28-23)30-10-8-19-20(25)3-2-4-21(19)30/h2-6,11,13H,7-10,14,25H2,1H3,(H,26,27,28). The Balaban J connectivity index is 1.47. The van der Waals surface area contributed by atoms with Crippen LogP contribution in [-0.2, 0) is 19.4 Å². The van der Waals surface area contributed by atoms with E-state index in [2.05, 4.69) is 51.4 Å². The van der Waals surface area contributed by atoms with Crippen molar-refractivity contribution in [1.82, 2.24) is 14.9 Å². The maximum atomic E-state index is 9.61. The molecule has 2 aliphatic heterocycles. The summed E-state index contributed by atoms with van der Waals surface area (Å²) in [6.45, 7) is 2.76. The van der Waals surface area contributed by atoms with Gasteiger partial charge in [-0.25, -0.2) is 4.98 Å². The summed E-state index contributed by atoms with van der Waals surface area (Å²) in [7, 11) is 2.14. The average molecular weight is 397 g/mol. The first-order valence-electron chi connectivity index (χ1n) is 10.1. The lowest BCUT2D eigenvalue weighted by atomic mass is 9.99. The molecule has 0 amide bonds. The van der Waals surface area contributed by atoms with Gasteiger partial charge in [0.25, 0.3) is 0 Å². The predicted molar refractivity (Wildman–Crippen MR) is 118 cm³/mol. The molecule has 0 atom stereocenters. The Labute approximate surface area is 175 Å². The normalized spacial score (nSPS) is 15.4. The molecule has 30 heavy (non-hydrogen) atoms. The molecule has 7 heteroatoms. The van der Waals surface area contributed by atoms with Crippen LogP contribution in [0.5, 0.6) is 0 Å². The number of fused-ring (bicyclic) bond motifs is 2. The number of anilines is 5. The van der Waals surface area contributed by atoms with Crippen LogP contribution in [0.1, 0.15) is 22.3 Å². The van der Waals surface area contributed by atoms with Crippen LogP contribution < -0.4 is 16.0 Å². The number of hydrogen-bond donors (Lipinski definition) is 2. The predicted octanol–water partition coefficient (Wildman–Crippen LogP) is 3.36. The Morgan fingerprint density at radius 3 is 2.90 bits per heavy atom. The maximum absolute atomic E-state index is 9.61. The van der Waals surface area contributed by atoms with Gasteiger partial charge in [0.2, 0.25) is 5.95 Å². The van der Waals surface area contributed by atoms with Crippen LogP contribution in [0.2, 0.25) is 0 Å². The number of hydrogen-bond acceptors (Lipinski definition) is 7. The van der Waals surface area contributed by atoms with E-state index in [-0.39, 0.29) is 0 Å². The number of likely N-dealkylation sites (N-methyl/N-ethyl adjacent to an activating group) is 1. The van der Waals surface area contributed by atoms with Gasteiger partial charge < -0.3 is 20.9 Å². The van der Waals surface area contributed by atoms with Gasteiger partial charge in [-0.1, -0.05) is 12.1 Å².